The zero-order chi connectivity index (χ0) is 19.2. The smallest absolute Gasteiger partial charge is 0.238 e. The number of amides is 2. The van der Waals surface area contributed by atoms with E-state index in [9.17, 15) is 14.0 Å². The lowest BCUT2D eigenvalue weighted by Crippen LogP contribution is -2.48. The maximum Gasteiger partial charge on any atom is 0.238 e. The van der Waals surface area contributed by atoms with Gasteiger partial charge in [-0.2, -0.15) is 0 Å². The third-order valence-electron chi connectivity index (χ3n) is 4.18. The van der Waals surface area contributed by atoms with Crippen LogP contribution in [0.2, 0.25) is 0 Å². The Morgan fingerprint density at radius 3 is 2.44 bits per heavy atom. The van der Waals surface area contributed by atoms with Gasteiger partial charge in [-0.3, -0.25) is 19.4 Å². The fourth-order valence-corrected chi connectivity index (χ4v) is 3.75. The maximum absolute atomic E-state index is 12.9. The van der Waals surface area contributed by atoms with Gasteiger partial charge in [0.1, 0.15) is 5.82 Å². The van der Waals surface area contributed by atoms with Crippen LogP contribution in [0.15, 0.2) is 30.5 Å². The molecule has 1 aliphatic rings. The Morgan fingerprint density at radius 2 is 1.78 bits per heavy atom. The minimum absolute atomic E-state index is 0.0996. The van der Waals surface area contributed by atoms with Crippen LogP contribution in [0.3, 0.4) is 0 Å². The van der Waals surface area contributed by atoms with Gasteiger partial charge in [-0.1, -0.05) is 0 Å². The Hall–Kier alpha value is -2.36. The first kappa shape index (κ1) is 19.4. The average Bonchev–Trinajstić information content (AvgIpc) is 3.05. The van der Waals surface area contributed by atoms with E-state index in [4.69, 9.17) is 0 Å². The summed E-state index contributed by atoms with van der Waals surface area (Å²) < 4.78 is 12.9. The minimum Gasteiger partial charge on any atom is -0.325 e. The van der Waals surface area contributed by atoms with Gasteiger partial charge in [0.05, 0.1) is 6.54 Å². The molecule has 0 saturated carbocycles. The monoisotopic (exact) mass is 391 g/mol. The third-order valence-corrected chi connectivity index (χ3v) is 5.07. The van der Waals surface area contributed by atoms with E-state index in [2.05, 4.69) is 25.4 Å². The van der Waals surface area contributed by atoms with Gasteiger partial charge < -0.3 is 10.6 Å². The molecule has 1 saturated heterocycles. The number of anilines is 2. The summed E-state index contributed by atoms with van der Waals surface area (Å²) in [7, 11) is 0. The number of thiazole rings is 1. The van der Waals surface area contributed by atoms with Crippen LogP contribution in [-0.4, -0.2) is 59.3 Å². The van der Waals surface area contributed by atoms with E-state index in [-0.39, 0.29) is 17.6 Å². The lowest BCUT2D eigenvalue weighted by molar-refractivity contribution is -0.117. The standard InChI is InChI=1S/C18H22FN5O2S/c1-13(25)21-18-20-10-16(27-18)11-23-6-8-24(9-7-23)12-17(26)22-15-4-2-14(19)3-5-15/h2-5,10H,6-9,11-12H2,1H3,(H,22,26)(H,20,21,25). The van der Waals surface area contributed by atoms with Crippen molar-refractivity contribution in [1.29, 1.82) is 0 Å². The summed E-state index contributed by atoms with van der Waals surface area (Å²) in [5.41, 5.74) is 0.597. The highest BCUT2D eigenvalue weighted by Gasteiger charge is 2.20. The van der Waals surface area contributed by atoms with Gasteiger partial charge >= 0.3 is 0 Å². The molecule has 9 heteroatoms. The fraction of sp³-hybridized carbons (Fsp3) is 0.389. The number of nitrogens with zero attached hydrogens (tertiary/aromatic N) is 3. The van der Waals surface area contributed by atoms with Crippen molar-refractivity contribution in [2.75, 3.05) is 43.4 Å². The second-order valence-corrected chi connectivity index (χ2v) is 7.54. The van der Waals surface area contributed by atoms with E-state index in [1.54, 1.807) is 18.3 Å². The van der Waals surface area contributed by atoms with Crippen molar-refractivity contribution in [1.82, 2.24) is 14.8 Å². The maximum atomic E-state index is 12.9. The molecular formula is C18H22FN5O2S. The highest BCUT2D eigenvalue weighted by Crippen LogP contribution is 2.20. The van der Waals surface area contributed by atoms with Crippen LogP contribution < -0.4 is 10.6 Å². The molecule has 2 amide bonds. The van der Waals surface area contributed by atoms with Gasteiger partial charge in [-0.15, -0.1) is 11.3 Å². The first-order valence-corrected chi connectivity index (χ1v) is 9.52. The van der Waals surface area contributed by atoms with Gasteiger partial charge in [0.15, 0.2) is 5.13 Å². The number of halogens is 1. The van der Waals surface area contributed by atoms with E-state index in [1.807, 2.05) is 0 Å². The minimum atomic E-state index is -0.325. The lowest BCUT2D eigenvalue weighted by atomic mass is 10.3. The molecule has 0 spiro atoms. The zero-order valence-corrected chi connectivity index (χ0v) is 15.9. The number of benzene rings is 1. The van der Waals surface area contributed by atoms with E-state index in [0.717, 1.165) is 37.6 Å². The zero-order valence-electron chi connectivity index (χ0n) is 15.1. The number of hydrogen-bond acceptors (Lipinski definition) is 6. The third kappa shape index (κ3) is 6.09. The summed E-state index contributed by atoms with van der Waals surface area (Å²) in [6.45, 7) is 5.88. The molecule has 2 aromatic rings. The van der Waals surface area contributed by atoms with Crippen LogP contribution in [0.5, 0.6) is 0 Å². The molecule has 1 fully saturated rings. The summed E-state index contributed by atoms with van der Waals surface area (Å²) in [6, 6.07) is 5.75. The highest BCUT2D eigenvalue weighted by atomic mass is 32.1. The molecule has 0 unspecified atom stereocenters. The fourth-order valence-electron chi connectivity index (χ4n) is 2.85. The molecular weight excluding hydrogens is 369 g/mol. The van der Waals surface area contributed by atoms with E-state index in [0.29, 0.717) is 17.4 Å². The van der Waals surface area contributed by atoms with E-state index < -0.39 is 0 Å². The SMILES string of the molecule is CC(=O)Nc1ncc(CN2CCN(CC(=O)Nc3ccc(F)cc3)CC2)s1. The molecule has 0 bridgehead atoms. The normalized spacial score (nSPS) is 15.5. The number of carbonyl (C=O) groups is 2. The van der Waals surface area contributed by atoms with Crippen LogP contribution in [0.25, 0.3) is 0 Å². The molecule has 2 N–H and O–H groups in total. The molecule has 1 aliphatic heterocycles. The van der Waals surface area contributed by atoms with Crippen molar-refractivity contribution in [3.05, 3.63) is 41.2 Å². The summed E-state index contributed by atoms with van der Waals surface area (Å²) in [6.07, 6.45) is 1.79. The molecule has 2 heterocycles. The Bertz CT molecular complexity index is 787. The summed E-state index contributed by atoms with van der Waals surface area (Å²) in [5.74, 6) is -0.546. The number of piperazine rings is 1. The van der Waals surface area contributed by atoms with Gasteiger partial charge in [-0.05, 0) is 24.3 Å². The van der Waals surface area contributed by atoms with Crippen molar-refractivity contribution >= 4 is 34.0 Å². The molecule has 0 atom stereocenters. The number of nitrogens with one attached hydrogen (secondary N) is 2. The van der Waals surface area contributed by atoms with Crippen LogP contribution in [0.4, 0.5) is 15.2 Å². The molecule has 1 aromatic heterocycles. The van der Waals surface area contributed by atoms with E-state index >= 15 is 0 Å². The van der Waals surface area contributed by atoms with Crippen LogP contribution in [0, 0.1) is 5.82 Å². The molecule has 0 aliphatic carbocycles. The quantitative estimate of drug-likeness (QED) is 0.788. The van der Waals surface area contributed by atoms with Crippen LogP contribution in [0.1, 0.15) is 11.8 Å². The predicted octanol–water partition coefficient (Wildman–Crippen LogP) is 2.00. The summed E-state index contributed by atoms with van der Waals surface area (Å²) in [5, 5.41) is 6.09. The highest BCUT2D eigenvalue weighted by molar-refractivity contribution is 7.15. The molecule has 27 heavy (non-hydrogen) atoms. The average molecular weight is 391 g/mol. The number of carbonyl (C=O) groups excluding carboxylic acids is 2. The predicted molar refractivity (Wildman–Crippen MR) is 103 cm³/mol. The Morgan fingerprint density at radius 1 is 1.11 bits per heavy atom. The van der Waals surface area contributed by atoms with Crippen LogP contribution in [-0.2, 0) is 16.1 Å². The summed E-state index contributed by atoms with van der Waals surface area (Å²) in [4.78, 5) is 32.9. The first-order valence-electron chi connectivity index (χ1n) is 8.70. The first-order chi connectivity index (χ1) is 13.0. The van der Waals surface area contributed by atoms with Crippen molar-refractivity contribution in [2.45, 2.75) is 13.5 Å². The second kappa shape index (κ2) is 9.03. The second-order valence-electron chi connectivity index (χ2n) is 6.42. The van der Waals surface area contributed by atoms with Gasteiger partial charge in [0, 0.05) is 56.4 Å². The molecule has 3 rings (SSSR count). The number of aromatic nitrogens is 1. The Balaban J connectivity index is 1.40. The van der Waals surface area contributed by atoms with Crippen molar-refractivity contribution in [3.8, 4) is 0 Å². The molecule has 7 nitrogen and oxygen atoms in total. The molecule has 1 aromatic carbocycles. The van der Waals surface area contributed by atoms with Crippen molar-refractivity contribution in [3.63, 3.8) is 0 Å². The van der Waals surface area contributed by atoms with Gasteiger partial charge in [-0.25, -0.2) is 9.37 Å². The van der Waals surface area contributed by atoms with Gasteiger partial charge in [0.2, 0.25) is 11.8 Å². The molecule has 0 radical (unpaired) electrons. The van der Waals surface area contributed by atoms with Gasteiger partial charge in [0.25, 0.3) is 0 Å². The topological polar surface area (TPSA) is 77.6 Å². The largest absolute Gasteiger partial charge is 0.325 e. The number of hydrogen-bond donors (Lipinski definition) is 2. The number of rotatable bonds is 6. The van der Waals surface area contributed by atoms with Crippen molar-refractivity contribution < 1.29 is 14.0 Å². The summed E-state index contributed by atoms with van der Waals surface area (Å²) >= 11 is 1.48. The Labute approximate surface area is 161 Å². The van der Waals surface area contributed by atoms with Crippen molar-refractivity contribution in [2.24, 2.45) is 0 Å². The Kier molecular flexibility index (Phi) is 6.49. The van der Waals surface area contributed by atoms with Crippen LogP contribution >= 0.6 is 11.3 Å². The molecule has 144 valence electrons. The van der Waals surface area contributed by atoms with E-state index in [1.165, 1.54) is 30.4 Å². The lowest BCUT2D eigenvalue weighted by Gasteiger charge is -2.33.